The Morgan fingerprint density at radius 3 is 2.42 bits per heavy atom. The van der Waals surface area contributed by atoms with Crippen molar-refractivity contribution in [3.63, 3.8) is 0 Å². The normalized spacial score (nSPS) is 11.3. The Balaban J connectivity index is 1.76. The number of nitrogens with one attached hydrogen (secondary N) is 2. The first kappa shape index (κ1) is 19.0. The summed E-state index contributed by atoms with van der Waals surface area (Å²) in [5, 5.41) is 16.6. The lowest BCUT2D eigenvalue weighted by molar-refractivity contribution is -0.384. The Morgan fingerprint density at radius 1 is 1.12 bits per heavy atom. The molecule has 2 aromatic rings. The molecule has 1 atom stereocenters. The number of benzene rings is 2. The molecule has 1 amide bonds. The van der Waals surface area contributed by atoms with E-state index in [0.717, 1.165) is 0 Å². The molecule has 0 aliphatic carbocycles. The van der Waals surface area contributed by atoms with Crippen LogP contribution in [0, 0.1) is 10.1 Å². The number of amides is 1. The van der Waals surface area contributed by atoms with Crippen LogP contribution in [0.15, 0.2) is 48.5 Å². The van der Waals surface area contributed by atoms with Crippen LogP contribution in [-0.4, -0.2) is 37.1 Å². The maximum atomic E-state index is 12.1. The van der Waals surface area contributed by atoms with E-state index >= 15 is 0 Å². The summed E-state index contributed by atoms with van der Waals surface area (Å²) in [6, 6.07) is 13.3. The fourth-order valence-electron chi connectivity index (χ4n) is 2.22. The summed E-state index contributed by atoms with van der Waals surface area (Å²) in [4.78, 5) is 22.5. The van der Waals surface area contributed by atoms with Crippen molar-refractivity contribution in [1.29, 1.82) is 0 Å². The number of rotatable bonds is 9. The molecule has 2 N–H and O–H groups in total. The Hall–Kier alpha value is -3.29. The van der Waals surface area contributed by atoms with Gasteiger partial charge in [-0.1, -0.05) is 12.1 Å². The molecule has 26 heavy (non-hydrogen) atoms. The summed E-state index contributed by atoms with van der Waals surface area (Å²) in [6.45, 7) is 2.31. The van der Waals surface area contributed by atoms with Gasteiger partial charge in [-0.3, -0.25) is 14.9 Å². The van der Waals surface area contributed by atoms with Crippen molar-refractivity contribution < 1.29 is 19.2 Å². The number of anilines is 1. The van der Waals surface area contributed by atoms with Gasteiger partial charge >= 0.3 is 0 Å². The van der Waals surface area contributed by atoms with E-state index in [0.29, 0.717) is 30.3 Å². The number of carbonyl (C=O) groups is 1. The van der Waals surface area contributed by atoms with Gasteiger partial charge in [-0.2, -0.15) is 0 Å². The van der Waals surface area contributed by atoms with Gasteiger partial charge in [0.05, 0.1) is 12.0 Å². The molecule has 0 saturated heterocycles. The molecule has 0 saturated carbocycles. The minimum absolute atomic E-state index is 0.00460. The van der Waals surface area contributed by atoms with Crippen LogP contribution >= 0.6 is 0 Å². The second-order valence-corrected chi connectivity index (χ2v) is 5.43. The predicted molar refractivity (Wildman–Crippen MR) is 97.7 cm³/mol. The van der Waals surface area contributed by atoms with Crippen LogP contribution < -0.4 is 20.1 Å². The number of nitro groups is 1. The summed E-state index contributed by atoms with van der Waals surface area (Å²) in [6.07, 6.45) is -0.672. The standard InChI is InChI=1S/C18H21N3O5/c1-13(26-15-9-7-14(25-2)8-10-15)18(22)20-12-11-19-16-5-3-4-6-17(16)21(23)24/h3-10,13,19H,11-12H2,1-2H3,(H,20,22). The number of hydrogen-bond acceptors (Lipinski definition) is 6. The highest BCUT2D eigenvalue weighted by molar-refractivity contribution is 5.80. The van der Waals surface area contributed by atoms with Crippen LogP contribution in [0.5, 0.6) is 11.5 Å². The third-order valence-electron chi connectivity index (χ3n) is 3.58. The lowest BCUT2D eigenvalue weighted by atomic mass is 10.2. The number of para-hydroxylation sites is 2. The van der Waals surface area contributed by atoms with Crippen LogP contribution in [0.1, 0.15) is 6.92 Å². The van der Waals surface area contributed by atoms with Crippen LogP contribution in [0.4, 0.5) is 11.4 Å². The summed E-state index contributed by atoms with van der Waals surface area (Å²) < 4.78 is 10.6. The molecular weight excluding hydrogens is 338 g/mol. The van der Waals surface area contributed by atoms with E-state index in [1.54, 1.807) is 56.5 Å². The minimum Gasteiger partial charge on any atom is -0.497 e. The van der Waals surface area contributed by atoms with Crippen molar-refractivity contribution in [1.82, 2.24) is 5.32 Å². The largest absolute Gasteiger partial charge is 0.497 e. The molecule has 8 heteroatoms. The molecule has 0 spiro atoms. The molecule has 0 aromatic heterocycles. The van der Waals surface area contributed by atoms with Gasteiger partial charge in [0.15, 0.2) is 6.10 Å². The van der Waals surface area contributed by atoms with Crippen molar-refractivity contribution in [2.75, 3.05) is 25.5 Å². The fraction of sp³-hybridized carbons (Fsp3) is 0.278. The van der Waals surface area contributed by atoms with Gasteiger partial charge in [-0.25, -0.2) is 0 Å². The molecular formula is C18H21N3O5. The summed E-state index contributed by atoms with van der Waals surface area (Å²) >= 11 is 0. The first-order valence-electron chi connectivity index (χ1n) is 8.07. The third kappa shape index (κ3) is 5.37. The van der Waals surface area contributed by atoms with Crippen molar-refractivity contribution in [3.8, 4) is 11.5 Å². The number of nitro benzene ring substituents is 1. The Labute approximate surface area is 151 Å². The molecule has 0 fully saturated rings. The highest BCUT2D eigenvalue weighted by atomic mass is 16.6. The van der Waals surface area contributed by atoms with E-state index in [1.165, 1.54) is 6.07 Å². The van der Waals surface area contributed by atoms with Crippen LogP contribution in [0.3, 0.4) is 0 Å². The van der Waals surface area contributed by atoms with Gasteiger partial charge in [-0.15, -0.1) is 0 Å². The average molecular weight is 359 g/mol. The van der Waals surface area contributed by atoms with E-state index in [-0.39, 0.29) is 11.6 Å². The van der Waals surface area contributed by atoms with Crippen molar-refractivity contribution in [2.24, 2.45) is 0 Å². The molecule has 0 aliphatic heterocycles. The number of carbonyl (C=O) groups excluding carboxylic acids is 1. The van der Waals surface area contributed by atoms with Crippen molar-refractivity contribution in [2.45, 2.75) is 13.0 Å². The van der Waals surface area contributed by atoms with Gasteiger partial charge in [0.2, 0.25) is 0 Å². The molecule has 2 aromatic carbocycles. The zero-order valence-electron chi connectivity index (χ0n) is 14.6. The van der Waals surface area contributed by atoms with E-state index in [2.05, 4.69) is 10.6 Å². The fourth-order valence-corrected chi connectivity index (χ4v) is 2.22. The number of methoxy groups -OCH3 is 1. The highest BCUT2D eigenvalue weighted by Crippen LogP contribution is 2.22. The molecule has 0 radical (unpaired) electrons. The topological polar surface area (TPSA) is 103 Å². The number of nitrogens with zero attached hydrogens (tertiary/aromatic N) is 1. The van der Waals surface area contributed by atoms with Gasteiger partial charge in [0, 0.05) is 19.2 Å². The molecule has 8 nitrogen and oxygen atoms in total. The monoisotopic (exact) mass is 359 g/mol. The van der Waals surface area contributed by atoms with Crippen molar-refractivity contribution >= 4 is 17.3 Å². The second kappa shape index (κ2) is 9.26. The first-order valence-corrected chi connectivity index (χ1v) is 8.07. The van der Waals surface area contributed by atoms with Gasteiger partial charge in [0.25, 0.3) is 11.6 Å². The summed E-state index contributed by atoms with van der Waals surface area (Å²) in [5.74, 6) is 0.993. The zero-order valence-corrected chi connectivity index (χ0v) is 14.6. The van der Waals surface area contributed by atoms with Crippen LogP contribution in [-0.2, 0) is 4.79 Å². The smallest absolute Gasteiger partial charge is 0.292 e. The predicted octanol–water partition coefficient (Wildman–Crippen LogP) is 2.60. The molecule has 0 heterocycles. The number of ether oxygens (including phenoxy) is 2. The molecule has 0 aliphatic rings. The lowest BCUT2D eigenvalue weighted by Crippen LogP contribution is -2.38. The number of hydrogen-bond donors (Lipinski definition) is 2. The minimum atomic E-state index is -0.672. The Kier molecular flexibility index (Phi) is 6.78. The lowest BCUT2D eigenvalue weighted by Gasteiger charge is -2.15. The van der Waals surface area contributed by atoms with Crippen LogP contribution in [0.25, 0.3) is 0 Å². The SMILES string of the molecule is COc1ccc(OC(C)C(=O)NCCNc2ccccc2[N+](=O)[O-])cc1. The first-order chi connectivity index (χ1) is 12.5. The Morgan fingerprint density at radius 2 is 1.77 bits per heavy atom. The van der Waals surface area contributed by atoms with Crippen LogP contribution in [0.2, 0.25) is 0 Å². The maximum Gasteiger partial charge on any atom is 0.292 e. The van der Waals surface area contributed by atoms with Gasteiger partial charge in [0.1, 0.15) is 17.2 Å². The third-order valence-corrected chi connectivity index (χ3v) is 3.58. The average Bonchev–Trinajstić information content (AvgIpc) is 2.65. The van der Waals surface area contributed by atoms with E-state index in [4.69, 9.17) is 9.47 Å². The summed E-state index contributed by atoms with van der Waals surface area (Å²) in [7, 11) is 1.57. The second-order valence-electron chi connectivity index (χ2n) is 5.43. The highest BCUT2D eigenvalue weighted by Gasteiger charge is 2.15. The molecule has 138 valence electrons. The van der Waals surface area contributed by atoms with E-state index < -0.39 is 11.0 Å². The van der Waals surface area contributed by atoms with E-state index in [1.807, 2.05) is 0 Å². The van der Waals surface area contributed by atoms with E-state index in [9.17, 15) is 14.9 Å². The quantitative estimate of drug-likeness (QED) is 0.405. The summed E-state index contributed by atoms with van der Waals surface area (Å²) in [5.41, 5.74) is 0.407. The van der Waals surface area contributed by atoms with Gasteiger partial charge < -0.3 is 20.1 Å². The Bertz CT molecular complexity index is 749. The molecule has 2 rings (SSSR count). The molecule has 0 bridgehead atoms. The maximum absolute atomic E-state index is 12.1. The molecule has 1 unspecified atom stereocenters. The van der Waals surface area contributed by atoms with Crippen molar-refractivity contribution in [3.05, 3.63) is 58.6 Å². The van der Waals surface area contributed by atoms with Gasteiger partial charge in [-0.05, 0) is 37.3 Å². The zero-order chi connectivity index (χ0) is 18.9.